The second-order valence-electron chi connectivity index (χ2n) is 4.85. The lowest BCUT2D eigenvalue weighted by molar-refractivity contribution is -0.130. The Morgan fingerprint density at radius 1 is 1.10 bits per heavy atom. The Bertz CT molecular complexity index is 734. The van der Waals surface area contributed by atoms with Crippen LogP contribution in [0.1, 0.15) is 22.3 Å². The van der Waals surface area contributed by atoms with Crippen molar-refractivity contribution in [3.8, 4) is 0 Å². The summed E-state index contributed by atoms with van der Waals surface area (Å²) in [6, 6.07) is 10.7. The number of carboxylic acid groups (broad SMARTS) is 1. The van der Waals surface area contributed by atoms with E-state index in [4.69, 9.17) is 23.2 Å². The number of carbonyl (C=O) groups is 1. The number of rotatable bonds is 3. The second-order valence-corrected chi connectivity index (χ2v) is 5.69. The van der Waals surface area contributed by atoms with Crippen molar-refractivity contribution in [2.75, 3.05) is 0 Å². The predicted molar refractivity (Wildman–Crippen MR) is 87.9 cm³/mol. The zero-order valence-electron chi connectivity index (χ0n) is 11.7. The van der Waals surface area contributed by atoms with Gasteiger partial charge in [-0.25, -0.2) is 4.79 Å². The molecule has 0 unspecified atom stereocenters. The fraction of sp³-hybridized carbons (Fsp3) is 0.118. The van der Waals surface area contributed by atoms with Crippen LogP contribution in [0.25, 0.3) is 11.6 Å². The number of hydrogen-bond donors (Lipinski definition) is 1. The van der Waals surface area contributed by atoms with Gasteiger partial charge in [0.25, 0.3) is 0 Å². The number of aryl methyl sites for hydroxylation is 2. The maximum absolute atomic E-state index is 11.6. The Kier molecular flexibility index (Phi) is 4.71. The third kappa shape index (κ3) is 3.66. The van der Waals surface area contributed by atoms with Crippen LogP contribution in [0, 0.1) is 13.8 Å². The van der Waals surface area contributed by atoms with Crippen LogP contribution >= 0.6 is 23.2 Å². The molecule has 0 aliphatic rings. The van der Waals surface area contributed by atoms with Crippen LogP contribution in [0.15, 0.2) is 36.4 Å². The number of carboxylic acids is 1. The molecule has 0 saturated carbocycles. The molecule has 0 aromatic heterocycles. The van der Waals surface area contributed by atoms with Crippen molar-refractivity contribution >= 4 is 40.8 Å². The Balaban J connectivity index is 2.60. The number of aliphatic carboxylic acids is 1. The van der Waals surface area contributed by atoms with E-state index in [1.807, 2.05) is 32.0 Å². The molecule has 0 heterocycles. The number of halogens is 2. The highest BCUT2D eigenvalue weighted by atomic mass is 35.5. The highest BCUT2D eigenvalue weighted by Gasteiger charge is 2.14. The highest BCUT2D eigenvalue weighted by Crippen LogP contribution is 2.28. The molecule has 0 bridgehead atoms. The average molecular weight is 321 g/mol. The van der Waals surface area contributed by atoms with Gasteiger partial charge in [0.15, 0.2) is 0 Å². The molecule has 2 rings (SSSR count). The molecule has 0 fully saturated rings. The lowest BCUT2D eigenvalue weighted by Crippen LogP contribution is -2.02. The van der Waals surface area contributed by atoms with E-state index in [0.717, 1.165) is 11.1 Å². The lowest BCUT2D eigenvalue weighted by atomic mass is 9.96. The summed E-state index contributed by atoms with van der Waals surface area (Å²) in [6.07, 6.45) is 1.57. The fourth-order valence-electron chi connectivity index (χ4n) is 2.05. The van der Waals surface area contributed by atoms with Gasteiger partial charge >= 0.3 is 5.97 Å². The van der Waals surface area contributed by atoms with Gasteiger partial charge in [0.1, 0.15) is 0 Å². The molecule has 0 radical (unpaired) electrons. The summed E-state index contributed by atoms with van der Waals surface area (Å²) in [7, 11) is 0. The molecule has 0 aliphatic carbocycles. The Labute approximate surface area is 133 Å². The zero-order chi connectivity index (χ0) is 15.6. The molecule has 0 aliphatic heterocycles. The molecule has 0 spiro atoms. The van der Waals surface area contributed by atoms with Gasteiger partial charge in [0.05, 0.1) is 5.57 Å². The predicted octanol–water partition coefficient (Wildman–Crippen LogP) is 5.24. The molecule has 0 atom stereocenters. The smallest absolute Gasteiger partial charge is 0.336 e. The van der Waals surface area contributed by atoms with Crippen LogP contribution in [-0.4, -0.2) is 11.1 Å². The normalized spacial score (nSPS) is 11.5. The van der Waals surface area contributed by atoms with Crippen LogP contribution in [-0.2, 0) is 4.79 Å². The van der Waals surface area contributed by atoms with Crippen LogP contribution < -0.4 is 0 Å². The molecule has 2 aromatic rings. The number of benzene rings is 2. The molecule has 2 nitrogen and oxygen atoms in total. The molecular formula is C17H14Cl2O2. The Morgan fingerprint density at radius 3 is 2.43 bits per heavy atom. The first-order valence-electron chi connectivity index (χ1n) is 6.36. The molecular weight excluding hydrogens is 307 g/mol. The molecule has 0 saturated heterocycles. The molecule has 1 N–H and O–H groups in total. The van der Waals surface area contributed by atoms with E-state index in [9.17, 15) is 9.90 Å². The standard InChI is InChI=1S/C17H14Cl2O2/c1-10-3-4-11(2)14(7-10)15(17(20)21)8-12-5-6-13(18)9-16(12)19/h3-9H,1-2H3,(H,20,21)/b15-8-. The summed E-state index contributed by atoms with van der Waals surface area (Å²) >= 11 is 12.0. The van der Waals surface area contributed by atoms with Gasteiger partial charge in [0, 0.05) is 10.0 Å². The maximum Gasteiger partial charge on any atom is 0.336 e. The van der Waals surface area contributed by atoms with E-state index in [1.165, 1.54) is 0 Å². The first kappa shape index (κ1) is 15.6. The second kappa shape index (κ2) is 6.33. The zero-order valence-corrected chi connectivity index (χ0v) is 13.2. The first-order valence-corrected chi connectivity index (χ1v) is 7.12. The maximum atomic E-state index is 11.6. The van der Waals surface area contributed by atoms with E-state index in [2.05, 4.69) is 0 Å². The Hall–Kier alpha value is -1.77. The average Bonchev–Trinajstić information content (AvgIpc) is 2.41. The van der Waals surface area contributed by atoms with E-state index in [-0.39, 0.29) is 5.57 Å². The monoisotopic (exact) mass is 320 g/mol. The van der Waals surface area contributed by atoms with Gasteiger partial charge in [0.2, 0.25) is 0 Å². The SMILES string of the molecule is Cc1ccc(C)c(/C(=C/c2ccc(Cl)cc2Cl)C(=O)O)c1. The van der Waals surface area contributed by atoms with Gasteiger partial charge in [-0.2, -0.15) is 0 Å². The topological polar surface area (TPSA) is 37.3 Å². The van der Waals surface area contributed by atoms with Gasteiger partial charge in [-0.15, -0.1) is 0 Å². The van der Waals surface area contributed by atoms with Gasteiger partial charge in [-0.1, -0.05) is 53.0 Å². The molecule has 2 aromatic carbocycles. The first-order chi connectivity index (χ1) is 9.88. The summed E-state index contributed by atoms with van der Waals surface area (Å²) in [5.41, 5.74) is 3.43. The van der Waals surface area contributed by atoms with E-state index < -0.39 is 5.97 Å². The highest BCUT2D eigenvalue weighted by molar-refractivity contribution is 6.36. The molecule has 4 heteroatoms. The summed E-state index contributed by atoms with van der Waals surface area (Å²) < 4.78 is 0. The van der Waals surface area contributed by atoms with E-state index in [0.29, 0.717) is 21.2 Å². The van der Waals surface area contributed by atoms with Crippen molar-refractivity contribution in [3.63, 3.8) is 0 Å². The van der Waals surface area contributed by atoms with Crippen molar-refractivity contribution in [3.05, 3.63) is 68.7 Å². The summed E-state index contributed by atoms with van der Waals surface area (Å²) in [4.78, 5) is 11.6. The Morgan fingerprint density at radius 2 is 1.81 bits per heavy atom. The van der Waals surface area contributed by atoms with E-state index in [1.54, 1.807) is 24.3 Å². The van der Waals surface area contributed by atoms with E-state index >= 15 is 0 Å². The van der Waals surface area contributed by atoms with Crippen molar-refractivity contribution in [1.29, 1.82) is 0 Å². The van der Waals surface area contributed by atoms with Crippen molar-refractivity contribution in [1.82, 2.24) is 0 Å². The third-order valence-corrected chi connectivity index (χ3v) is 3.74. The fourth-order valence-corrected chi connectivity index (χ4v) is 2.52. The number of hydrogen-bond acceptors (Lipinski definition) is 1. The van der Waals surface area contributed by atoms with Gasteiger partial charge < -0.3 is 5.11 Å². The van der Waals surface area contributed by atoms with Crippen LogP contribution in [0.5, 0.6) is 0 Å². The van der Waals surface area contributed by atoms with Crippen LogP contribution in [0.3, 0.4) is 0 Å². The largest absolute Gasteiger partial charge is 0.478 e. The molecule has 108 valence electrons. The summed E-state index contributed by atoms with van der Waals surface area (Å²) in [6.45, 7) is 3.81. The quantitative estimate of drug-likeness (QED) is 0.620. The van der Waals surface area contributed by atoms with Crippen LogP contribution in [0.2, 0.25) is 10.0 Å². The third-order valence-electron chi connectivity index (χ3n) is 3.18. The van der Waals surface area contributed by atoms with Gasteiger partial charge in [-0.3, -0.25) is 0 Å². The van der Waals surface area contributed by atoms with Crippen molar-refractivity contribution in [2.24, 2.45) is 0 Å². The lowest BCUT2D eigenvalue weighted by Gasteiger charge is -2.09. The summed E-state index contributed by atoms with van der Waals surface area (Å²) in [5.74, 6) is -0.991. The minimum Gasteiger partial charge on any atom is -0.478 e. The minimum absolute atomic E-state index is 0.209. The van der Waals surface area contributed by atoms with Crippen molar-refractivity contribution in [2.45, 2.75) is 13.8 Å². The van der Waals surface area contributed by atoms with Gasteiger partial charge in [-0.05, 0) is 48.7 Å². The molecule has 0 amide bonds. The minimum atomic E-state index is -0.991. The van der Waals surface area contributed by atoms with Crippen molar-refractivity contribution < 1.29 is 9.90 Å². The summed E-state index contributed by atoms with van der Waals surface area (Å²) in [5, 5.41) is 10.4. The van der Waals surface area contributed by atoms with Crippen LogP contribution in [0.4, 0.5) is 0 Å². The molecule has 21 heavy (non-hydrogen) atoms.